The first-order valence-electron chi connectivity index (χ1n) is 7.14. The van der Waals surface area contributed by atoms with Crippen LogP contribution in [0, 0.1) is 27.7 Å². The van der Waals surface area contributed by atoms with Gasteiger partial charge < -0.3 is 9.84 Å². The molecule has 23 heavy (non-hydrogen) atoms. The number of benzene rings is 2. The fourth-order valence-electron chi connectivity index (χ4n) is 2.54. The maximum atomic E-state index is 12.8. The Kier molecular flexibility index (Phi) is 4.56. The number of aromatic hydroxyl groups is 1. The predicted octanol–water partition coefficient (Wildman–Crippen LogP) is 3.44. The normalized spacial score (nSPS) is 11.3. The van der Waals surface area contributed by atoms with Gasteiger partial charge in [-0.05, 0) is 62.1 Å². The topological polar surface area (TPSA) is 75.6 Å². The zero-order valence-electron chi connectivity index (χ0n) is 13.9. The number of aryl methyl sites for hydroxylation is 2. The summed E-state index contributed by atoms with van der Waals surface area (Å²) in [5.41, 5.74) is 3.56. The van der Waals surface area contributed by atoms with Crippen molar-refractivity contribution in [2.45, 2.75) is 32.6 Å². The molecule has 5 nitrogen and oxygen atoms in total. The number of nitrogens with one attached hydrogen (secondary N) is 1. The van der Waals surface area contributed by atoms with E-state index in [-0.39, 0.29) is 22.1 Å². The number of hydrogen-bond acceptors (Lipinski definition) is 4. The molecule has 0 atom stereocenters. The SMILES string of the molecule is COc1ccc(NS(=O)(=O)c2c(C)c(C)cc(C)c2C)cc1O. The molecule has 124 valence electrons. The Bertz CT molecular complexity index is 831. The molecule has 2 N–H and O–H groups in total. The monoisotopic (exact) mass is 335 g/mol. The lowest BCUT2D eigenvalue weighted by atomic mass is 10.0. The van der Waals surface area contributed by atoms with Gasteiger partial charge in [-0.1, -0.05) is 6.07 Å². The van der Waals surface area contributed by atoms with Crippen LogP contribution in [0.4, 0.5) is 5.69 Å². The number of anilines is 1. The molecule has 0 unspecified atom stereocenters. The molecule has 0 heterocycles. The minimum atomic E-state index is -3.76. The van der Waals surface area contributed by atoms with Gasteiger partial charge in [0.05, 0.1) is 17.7 Å². The zero-order valence-corrected chi connectivity index (χ0v) is 14.7. The lowest BCUT2D eigenvalue weighted by Crippen LogP contribution is -2.17. The van der Waals surface area contributed by atoms with E-state index in [0.717, 1.165) is 22.3 Å². The highest BCUT2D eigenvalue weighted by atomic mass is 32.2. The van der Waals surface area contributed by atoms with Crippen LogP contribution < -0.4 is 9.46 Å². The molecule has 2 aromatic rings. The fraction of sp³-hybridized carbons (Fsp3) is 0.294. The van der Waals surface area contributed by atoms with E-state index in [4.69, 9.17) is 4.74 Å². The first kappa shape index (κ1) is 17.1. The highest BCUT2D eigenvalue weighted by molar-refractivity contribution is 7.92. The molecule has 0 radical (unpaired) electrons. The molecule has 2 aromatic carbocycles. The number of phenols is 1. The van der Waals surface area contributed by atoms with Gasteiger partial charge >= 0.3 is 0 Å². The second kappa shape index (κ2) is 6.12. The van der Waals surface area contributed by atoms with E-state index < -0.39 is 10.0 Å². The summed E-state index contributed by atoms with van der Waals surface area (Å²) in [6.45, 7) is 7.36. The summed E-state index contributed by atoms with van der Waals surface area (Å²) in [4.78, 5) is 0.283. The van der Waals surface area contributed by atoms with Gasteiger partial charge in [-0.3, -0.25) is 4.72 Å². The molecule has 0 saturated heterocycles. The van der Waals surface area contributed by atoms with Gasteiger partial charge in [-0.25, -0.2) is 8.42 Å². The molecule has 0 aliphatic carbocycles. The minimum Gasteiger partial charge on any atom is -0.504 e. The second-order valence-electron chi connectivity index (χ2n) is 5.58. The van der Waals surface area contributed by atoms with Crippen molar-refractivity contribution in [3.05, 3.63) is 46.5 Å². The van der Waals surface area contributed by atoms with Crippen molar-refractivity contribution >= 4 is 15.7 Å². The summed E-state index contributed by atoms with van der Waals surface area (Å²) in [7, 11) is -2.33. The van der Waals surface area contributed by atoms with Crippen LogP contribution >= 0.6 is 0 Å². The molecule has 2 rings (SSSR count). The van der Waals surface area contributed by atoms with E-state index in [2.05, 4.69) is 4.72 Å². The molecular formula is C17H21NO4S. The highest BCUT2D eigenvalue weighted by Gasteiger charge is 2.22. The summed E-state index contributed by atoms with van der Waals surface area (Å²) >= 11 is 0. The molecular weight excluding hydrogens is 314 g/mol. The first-order chi connectivity index (χ1) is 10.7. The molecule has 0 bridgehead atoms. The Morgan fingerprint density at radius 3 is 2.04 bits per heavy atom. The van der Waals surface area contributed by atoms with Crippen molar-refractivity contribution < 1.29 is 18.3 Å². The minimum absolute atomic E-state index is 0.124. The van der Waals surface area contributed by atoms with E-state index in [1.54, 1.807) is 19.9 Å². The van der Waals surface area contributed by atoms with Gasteiger partial charge in [0.1, 0.15) is 0 Å². The van der Waals surface area contributed by atoms with Crippen LogP contribution in [0.2, 0.25) is 0 Å². The number of hydrogen-bond donors (Lipinski definition) is 2. The maximum Gasteiger partial charge on any atom is 0.262 e. The Balaban J connectivity index is 2.50. The van der Waals surface area contributed by atoms with Gasteiger partial charge in [0.15, 0.2) is 11.5 Å². The van der Waals surface area contributed by atoms with Crippen LogP contribution in [0.5, 0.6) is 11.5 Å². The molecule has 0 saturated carbocycles. The van der Waals surface area contributed by atoms with E-state index in [1.807, 2.05) is 19.9 Å². The largest absolute Gasteiger partial charge is 0.504 e. The Hall–Kier alpha value is -2.21. The van der Waals surface area contributed by atoms with Gasteiger partial charge in [-0.15, -0.1) is 0 Å². The maximum absolute atomic E-state index is 12.8. The molecule has 0 aliphatic heterocycles. The van der Waals surface area contributed by atoms with E-state index >= 15 is 0 Å². The second-order valence-corrected chi connectivity index (χ2v) is 7.20. The van der Waals surface area contributed by atoms with Crippen LogP contribution in [0.1, 0.15) is 22.3 Å². The number of phenolic OH excluding ortho intramolecular Hbond substituents is 1. The molecule has 0 spiro atoms. The van der Waals surface area contributed by atoms with Crippen molar-refractivity contribution in [2.24, 2.45) is 0 Å². The van der Waals surface area contributed by atoms with Crippen molar-refractivity contribution in [1.82, 2.24) is 0 Å². The summed E-state index contributed by atoms with van der Waals surface area (Å²) in [5, 5.41) is 9.80. The van der Waals surface area contributed by atoms with Gasteiger partial charge in [0.2, 0.25) is 0 Å². The lowest BCUT2D eigenvalue weighted by molar-refractivity contribution is 0.373. The van der Waals surface area contributed by atoms with Crippen LogP contribution in [0.3, 0.4) is 0 Å². The summed E-state index contributed by atoms with van der Waals surface area (Å²) < 4.78 is 33.1. The standard InChI is InChI=1S/C17H21NO4S/c1-10-8-11(2)13(4)17(12(10)3)23(20,21)18-14-6-7-16(22-5)15(19)9-14/h6-9,18-19H,1-5H3. The third-order valence-electron chi connectivity index (χ3n) is 4.00. The van der Waals surface area contributed by atoms with Gasteiger partial charge in [-0.2, -0.15) is 0 Å². The van der Waals surface area contributed by atoms with Gasteiger partial charge in [0, 0.05) is 6.07 Å². The Morgan fingerprint density at radius 2 is 1.57 bits per heavy atom. The van der Waals surface area contributed by atoms with Crippen LogP contribution in [-0.4, -0.2) is 20.6 Å². The highest BCUT2D eigenvalue weighted by Crippen LogP contribution is 2.31. The number of methoxy groups -OCH3 is 1. The Labute approximate surface area is 137 Å². The average Bonchev–Trinajstić information content (AvgIpc) is 2.45. The Morgan fingerprint density at radius 1 is 1.00 bits per heavy atom. The molecule has 0 fully saturated rings. The third kappa shape index (κ3) is 3.27. The summed E-state index contributed by atoms with van der Waals surface area (Å²) in [6.07, 6.45) is 0. The van der Waals surface area contributed by atoms with Crippen molar-refractivity contribution in [3.8, 4) is 11.5 Å². The van der Waals surface area contributed by atoms with Crippen LogP contribution in [0.15, 0.2) is 29.2 Å². The van der Waals surface area contributed by atoms with Crippen LogP contribution in [-0.2, 0) is 10.0 Å². The smallest absolute Gasteiger partial charge is 0.262 e. The number of rotatable bonds is 4. The fourth-order valence-corrected chi connectivity index (χ4v) is 4.21. The first-order valence-corrected chi connectivity index (χ1v) is 8.63. The van der Waals surface area contributed by atoms with E-state index in [9.17, 15) is 13.5 Å². The predicted molar refractivity (Wildman–Crippen MR) is 90.9 cm³/mol. The van der Waals surface area contributed by atoms with E-state index in [1.165, 1.54) is 19.2 Å². The number of sulfonamides is 1. The summed E-state index contributed by atoms with van der Waals surface area (Å²) in [6, 6.07) is 6.35. The lowest BCUT2D eigenvalue weighted by Gasteiger charge is -2.17. The summed E-state index contributed by atoms with van der Waals surface area (Å²) in [5.74, 6) is 0.160. The molecule has 0 aromatic heterocycles. The molecule has 0 amide bonds. The third-order valence-corrected chi connectivity index (χ3v) is 5.65. The zero-order chi connectivity index (χ0) is 17.4. The number of ether oxygens (including phenoxy) is 1. The van der Waals surface area contributed by atoms with Crippen molar-refractivity contribution in [3.63, 3.8) is 0 Å². The van der Waals surface area contributed by atoms with Gasteiger partial charge in [0.25, 0.3) is 10.0 Å². The average molecular weight is 335 g/mol. The van der Waals surface area contributed by atoms with Crippen molar-refractivity contribution in [2.75, 3.05) is 11.8 Å². The van der Waals surface area contributed by atoms with Crippen molar-refractivity contribution in [1.29, 1.82) is 0 Å². The van der Waals surface area contributed by atoms with Crippen LogP contribution in [0.25, 0.3) is 0 Å². The quantitative estimate of drug-likeness (QED) is 0.897. The molecule has 0 aliphatic rings. The molecule has 6 heteroatoms. The van der Waals surface area contributed by atoms with E-state index in [0.29, 0.717) is 0 Å².